The van der Waals surface area contributed by atoms with E-state index in [0.29, 0.717) is 18.9 Å². The zero-order chi connectivity index (χ0) is 14.5. The van der Waals surface area contributed by atoms with Crippen LogP contribution in [0.1, 0.15) is 25.5 Å². The maximum absolute atomic E-state index is 12.4. The molecule has 0 spiro atoms. The molecule has 1 saturated heterocycles. The van der Waals surface area contributed by atoms with Gasteiger partial charge in [-0.3, -0.25) is 4.79 Å². The van der Waals surface area contributed by atoms with Crippen LogP contribution in [0.4, 0.5) is 5.69 Å². The van der Waals surface area contributed by atoms with Gasteiger partial charge in [0.25, 0.3) is 0 Å². The largest absolute Gasteiger partial charge is 0.389 e. The van der Waals surface area contributed by atoms with Crippen LogP contribution < -0.4 is 10.6 Å². The van der Waals surface area contributed by atoms with Crippen molar-refractivity contribution < 1.29 is 14.6 Å². The Kier molecular flexibility index (Phi) is 5.11. The molecule has 1 aliphatic heterocycles. The van der Waals surface area contributed by atoms with Crippen molar-refractivity contribution in [2.45, 2.75) is 26.0 Å². The van der Waals surface area contributed by atoms with E-state index in [9.17, 15) is 9.90 Å². The van der Waals surface area contributed by atoms with Crippen molar-refractivity contribution in [1.29, 1.82) is 0 Å². The Morgan fingerprint density at radius 2 is 2.20 bits per heavy atom. The second-order valence-electron chi connectivity index (χ2n) is 5.06. The van der Waals surface area contributed by atoms with E-state index < -0.39 is 6.10 Å². The molecule has 1 aliphatic rings. The molecule has 110 valence electrons. The summed E-state index contributed by atoms with van der Waals surface area (Å²) in [5.74, 6) is -0.265. The van der Waals surface area contributed by atoms with Gasteiger partial charge in [-0.15, -0.1) is 0 Å². The summed E-state index contributed by atoms with van der Waals surface area (Å²) in [6.45, 7) is 5.49. The van der Waals surface area contributed by atoms with Crippen molar-refractivity contribution >= 4 is 11.6 Å². The fourth-order valence-electron chi connectivity index (χ4n) is 2.48. The molecule has 0 saturated carbocycles. The van der Waals surface area contributed by atoms with E-state index in [2.05, 4.69) is 10.6 Å². The average molecular weight is 278 g/mol. The molecular formula is C15H22N2O3. The molecule has 1 aromatic rings. The van der Waals surface area contributed by atoms with E-state index in [1.54, 1.807) is 13.0 Å². The lowest BCUT2D eigenvalue weighted by molar-refractivity contribution is -0.120. The van der Waals surface area contributed by atoms with Gasteiger partial charge in [-0.25, -0.2) is 0 Å². The summed E-state index contributed by atoms with van der Waals surface area (Å²) in [5, 5.41) is 15.9. The van der Waals surface area contributed by atoms with Crippen molar-refractivity contribution in [3.05, 3.63) is 29.8 Å². The molecule has 3 unspecified atom stereocenters. The molecule has 3 N–H and O–H groups in total. The first-order chi connectivity index (χ1) is 9.63. The number of ether oxygens (including phenoxy) is 1. The van der Waals surface area contributed by atoms with Gasteiger partial charge in [0.2, 0.25) is 5.91 Å². The quantitative estimate of drug-likeness (QED) is 0.759. The first kappa shape index (κ1) is 15.0. The van der Waals surface area contributed by atoms with Crippen LogP contribution in [0.2, 0.25) is 0 Å². The zero-order valence-corrected chi connectivity index (χ0v) is 11.9. The molecule has 20 heavy (non-hydrogen) atoms. The van der Waals surface area contributed by atoms with Crippen molar-refractivity contribution in [2.75, 3.05) is 25.1 Å². The number of hydrogen-bond acceptors (Lipinski definition) is 4. The van der Waals surface area contributed by atoms with Gasteiger partial charge in [0.05, 0.1) is 25.2 Å². The third-order valence-corrected chi connectivity index (χ3v) is 3.55. The second kappa shape index (κ2) is 6.83. The molecule has 5 nitrogen and oxygen atoms in total. The predicted octanol–water partition coefficient (Wildman–Crippen LogP) is 1.30. The summed E-state index contributed by atoms with van der Waals surface area (Å²) in [5.41, 5.74) is 1.38. The van der Waals surface area contributed by atoms with Crippen LogP contribution in [-0.2, 0) is 9.53 Å². The predicted molar refractivity (Wildman–Crippen MR) is 77.5 cm³/mol. The van der Waals surface area contributed by atoms with Gasteiger partial charge in [-0.2, -0.15) is 0 Å². The molecule has 0 aromatic heterocycles. The number of likely N-dealkylation sites (N-methyl/N-ethyl adjacent to an activating group) is 1. The van der Waals surface area contributed by atoms with E-state index in [4.69, 9.17) is 4.74 Å². The minimum absolute atomic E-state index is 0.0544. The molecule has 1 aromatic carbocycles. The standard InChI is InChI=1S/C15H22N2O3/c1-3-16-14-9-20-8-12(14)15(19)17-13-7-5-4-6-11(13)10(2)18/h4-7,10,12,14,16,18H,3,8-9H2,1-2H3,(H,17,19). The van der Waals surface area contributed by atoms with E-state index in [1.165, 1.54) is 0 Å². The van der Waals surface area contributed by atoms with Crippen molar-refractivity contribution in [3.63, 3.8) is 0 Å². The lowest BCUT2D eigenvalue weighted by atomic mass is 10.0. The Morgan fingerprint density at radius 3 is 2.90 bits per heavy atom. The molecule has 1 fully saturated rings. The molecule has 1 amide bonds. The third kappa shape index (κ3) is 3.36. The second-order valence-corrected chi connectivity index (χ2v) is 5.06. The van der Waals surface area contributed by atoms with Gasteiger partial charge in [0.15, 0.2) is 0 Å². The molecule has 5 heteroatoms. The highest BCUT2D eigenvalue weighted by Gasteiger charge is 2.33. The lowest BCUT2D eigenvalue weighted by Crippen LogP contribution is -2.41. The van der Waals surface area contributed by atoms with Gasteiger partial charge >= 0.3 is 0 Å². The summed E-state index contributed by atoms with van der Waals surface area (Å²) >= 11 is 0. The van der Waals surface area contributed by atoms with Crippen molar-refractivity contribution in [1.82, 2.24) is 5.32 Å². The normalized spacial score (nSPS) is 23.6. The van der Waals surface area contributed by atoms with Crippen LogP contribution in [0, 0.1) is 5.92 Å². The first-order valence-electron chi connectivity index (χ1n) is 7.02. The summed E-state index contributed by atoms with van der Waals surface area (Å²) < 4.78 is 5.39. The molecule has 1 heterocycles. The van der Waals surface area contributed by atoms with E-state index in [1.807, 2.05) is 25.1 Å². The first-order valence-corrected chi connectivity index (χ1v) is 7.02. The highest BCUT2D eigenvalue weighted by molar-refractivity contribution is 5.94. The van der Waals surface area contributed by atoms with Crippen LogP contribution in [0.25, 0.3) is 0 Å². The lowest BCUT2D eigenvalue weighted by Gasteiger charge is -2.19. The summed E-state index contributed by atoms with van der Waals surface area (Å²) in [6, 6.07) is 7.36. The number of para-hydroxylation sites is 1. The van der Waals surface area contributed by atoms with Crippen LogP contribution in [-0.4, -0.2) is 36.8 Å². The maximum atomic E-state index is 12.4. The number of aliphatic hydroxyl groups excluding tert-OH is 1. The Bertz CT molecular complexity index is 462. The third-order valence-electron chi connectivity index (χ3n) is 3.55. The van der Waals surface area contributed by atoms with Gasteiger partial charge in [0.1, 0.15) is 0 Å². The van der Waals surface area contributed by atoms with Crippen LogP contribution in [0.5, 0.6) is 0 Å². The van der Waals surface area contributed by atoms with Crippen LogP contribution in [0.3, 0.4) is 0 Å². The number of benzene rings is 1. The number of carbonyl (C=O) groups is 1. The number of anilines is 1. The van der Waals surface area contributed by atoms with Gasteiger partial charge in [-0.1, -0.05) is 25.1 Å². The molecular weight excluding hydrogens is 256 g/mol. The number of rotatable bonds is 5. The molecule has 2 rings (SSSR count). The van der Waals surface area contributed by atoms with Crippen molar-refractivity contribution in [2.24, 2.45) is 5.92 Å². The van der Waals surface area contributed by atoms with E-state index in [0.717, 1.165) is 12.1 Å². The fourth-order valence-corrected chi connectivity index (χ4v) is 2.48. The minimum Gasteiger partial charge on any atom is -0.389 e. The van der Waals surface area contributed by atoms with Crippen molar-refractivity contribution in [3.8, 4) is 0 Å². The smallest absolute Gasteiger partial charge is 0.231 e. The Labute approximate surface area is 119 Å². The minimum atomic E-state index is -0.615. The molecule has 0 bridgehead atoms. The average Bonchev–Trinajstić information content (AvgIpc) is 2.88. The summed E-state index contributed by atoms with van der Waals surface area (Å²) in [6.07, 6.45) is -0.615. The summed E-state index contributed by atoms with van der Waals surface area (Å²) in [7, 11) is 0. The number of aliphatic hydroxyl groups is 1. The van der Waals surface area contributed by atoms with E-state index >= 15 is 0 Å². The summed E-state index contributed by atoms with van der Waals surface area (Å²) in [4.78, 5) is 12.4. The van der Waals surface area contributed by atoms with Crippen LogP contribution in [0.15, 0.2) is 24.3 Å². The molecule has 0 radical (unpaired) electrons. The molecule has 3 atom stereocenters. The number of nitrogens with one attached hydrogen (secondary N) is 2. The number of hydrogen-bond donors (Lipinski definition) is 3. The van der Waals surface area contributed by atoms with E-state index in [-0.39, 0.29) is 17.9 Å². The highest BCUT2D eigenvalue weighted by Crippen LogP contribution is 2.24. The monoisotopic (exact) mass is 278 g/mol. The fraction of sp³-hybridized carbons (Fsp3) is 0.533. The van der Waals surface area contributed by atoms with Gasteiger partial charge < -0.3 is 20.5 Å². The SMILES string of the molecule is CCNC1COCC1C(=O)Nc1ccccc1C(C)O. The highest BCUT2D eigenvalue weighted by atomic mass is 16.5. The Hall–Kier alpha value is -1.43. The van der Waals surface area contributed by atoms with Crippen LogP contribution >= 0.6 is 0 Å². The maximum Gasteiger partial charge on any atom is 0.231 e. The zero-order valence-electron chi connectivity index (χ0n) is 11.9. The molecule has 0 aliphatic carbocycles. The number of amides is 1. The van der Waals surface area contributed by atoms with Gasteiger partial charge in [0, 0.05) is 17.3 Å². The number of carbonyl (C=O) groups excluding carboxylic acids is 1. The van der Waals surface area contributed by atoms with Gasteiger partial charge in [-0.05, 0) is 19.5 Å². The Balaban J connectivity index is 2.08. The topological polar surface area (TPSA) is 70.6 Å². The Morgan fingerprint density at radius 1 is 1.45 bits per heavy atom.